The number of aromatic nitrogens is 3. The van der Waals surface area contributed by atoms with E-state index >= 15 is 0 Å². The van der Waals surface area contributed by atoms with Crippen LogP contribution >= 0.6 is 0 Å². The highest BCUT2D eigenvalue weighted by atomic mass is 15.1. The average Bonchev–Trinajstić information content (AvgIpc) is 3.02. The van der Waals surface area contributed by atoms with Gasteiger partial charge in [-0.1, -0.05) is 6.92 Å². The standard InChI is InChI=1S/C14H18N4/c1-11-2-3-12(8-11)17-13-4-5-14(16-9-13)18-7-6-15-10-18/h4-7,9-12,17H,2-3,8H2,1H3. The minimum absolute atomic E-state index is 0.612. The van der Waals surface area contributed by atoms with Gasteiger partial charge in [0.1, 0.15) is 12.1 Å². The number of imidazole rings is 1. The molecule has 1 aliphatic rings. The lowest BCUT2D eigenvalue weighted by Gasteiger charge is -2.13. The summed E-state index contributed by atoms with van der Waals surface area (Å²) in [5.41, 5.74) is 1.11. The number of rotatable bonds is 3. The number of hydrogen-bond acceptors (Lipinski definition) is 3. The maximum Gasteiger partial charge on any atom is 0.137 e. The van der Waals surface area contributed by atoms with E-state index in [2.05, 4.69) is 28.3 Å². The van der Waals surface area contributed by atoms with Crippen LogP contribution in [0.25, 0.3) is 5.82 Å². The highest BCUT2D eigenvalue weighted by molar-refractivity contribution is 5.44. The van der Waals surface area contributed by atoms with E-state index in [1.54, 1.807) is 12.5 Å². The van der Waals surface area contributed by atoms with Gasteiger partial charge in [-0.05, 0) is 37.3 Å². The Morgan fingerprint density at radius 3 is 2.89 bits per heavy atom. The zero-order valence-electron chi connectivity index (χ0n) is 10.6. The van der Waals surface area contributed by atoms with Gasteiger partial charge in [0.25, 0.3) is 0 Å². The van der Waals surface area contributed by atoms with Crippen LogP contribution in [0.1, 0.15) is 26.2 Å². The molecule has 2 aromatic heterocycles. The molecule has 4 nitrogen and oxygen atoms in total. The van der Waals surface area contributed by atoms with Crippen molar-refractivity contribution in [1.82, 2.24) is 14.5 Å². The Kier molecular flexibility index (Phi) is 3.00. The number of hydrogen-bond donors (Lipinski definition) is 1. The van der Waals surface area contributed by atoms with Crippen LogP contribution in [0.5, 0.6) is 0 Å². The van der Waals surface area contributed by atoms with Crippen molar-refractivity contribution in [1.29, 1.82) is 0 Å². The molecular formula is C14H18N4. The van der Waals surface area contributed by atoms with Gasteiger partial charge in [-0.15, -0.1) is 0 Å². The third kappa shape index (κ3) is 2.37. The van der Waals surface area contributed by atoms with Gasteiger partial charge in [-0.3, -0.25) is 4.57 Å². The molecule has 2 atom stereocenters. The van der Waals surface area contributed by atoms with Crippen LogP contribution in [-0.2, 0) is 0 Å². The second-order valence-electron chi connectivity index (χ2n) is 5.13. The molecule has 1 aliphatic carbocycles. The van der Waals surface area contributed by atoms with Crippen molar-refractivity contribution in [3.8, 4) is 5.82 Å². The Balaban J connectivity index is 1.68. The Bertz CT molecular complexity index is 489. The topological polar surface area (TPSA) is 42.7 Å². The van der Waals surface area contributed by atoms with E-state index in [1.165, 1.54) is 19.3 Å². The lowest BCUT2D eigenvalue weighted by Crippen LogP contribution is -2.15. The summed E-state index contributed by atoms with van der Waals surface area (Å²) in [6.07, 6.45) is 11.2. The van der Waals surface area contributed by atoms with Crippen molar-refractivity contribution in [2.24, 2.45) is 5.92 Å². The maximum absolute atomic E-state index is 4.44. The molecule has 0 amide bonds. The summed E-state index contributed by atoms with van der Waals surface area (Å²) in [5.74, 6) is 1.75. The highest BCUT2D eigenvalue weighted by Gasteiger charge is 2.20. The third-order valence-electron chi connectivity index (χ3n) is 3.58. The first-order chi connectivity index (χ1) is 8.81. The molecule has 0 radical (unpaired) electrons. The molecule has 4 heteroatoms. The third-order valence-corrected chi connectivity index (χ3v) is 3.58. The minimum atomic E-state index is 0.612. The van der Waals surface area contributed by atoms with Crippen molar-refractivity contribution in [2.45, 2.75) is 32.2 Å². The molecule has 2 aromatic rings. The fourth-order valence-electron chi connectivity index (χ4n) is 2.59. The van der Waals surface area contributed by atoms with Gasteiger partial charge in [0.2, 0.25) is 0 Å². The fraction of sp³-hybridized carbons (Fsp3) is 0.429. The molecule has 2 heterocycles. The lowest BCUT2D eigenvalue weighted by atomic mass is 10.1. The molecule has 2 unspecified atom stereocenters. The molecule has 1 saturated carbocycles. The van der Waals surface area contributed by atoms with E-state index in [1.807, 2.05) is 23.0 Å². The summed E-state index contributed by atoms with van der Waals surface area (Å²) >= 11 is 0. The normalized spacial score (nSPS) is 23.2. The maximum atomic E-state index is 4.44. The van der Waals surface area contributed by atoms with Crippen LogP contribution in [-0.4, -0.2) is 20.6 Å². The zero-order chi connectivity index (χ0) is 12.4. The summed E-state index contributed by atoms with van der Waals surface area (Å²) < 4.78 is 1.90. The van der Waals surface area contributed by atoms with E-state index < -0.39 is 0 Å². The predicted octanol–water partition coefficient (Wildman–Crippen LogP) is 2.87. The molecular weight excluding hydrogens is 224 g/mol. The summed E-state index contributed by atoms with van der Waals surface area (Å²) in [4.78, 5) is 8.46. The van der Waals surface area contributed by atoms with Gasteiger partial charge in [-0.25, -0.2) is 9.97 Å². The molecule has 0 aliphatic heterocycles. The molecule has 18 heavy (non-hydrogen) atoms. The quantitative estimate of drug-likeness (QED) is 0.900. The SMILES string of the molecule is CC1CCC(Nc2ccc(-n3ccnc3)nc2)C1. The summed E-state index contributed by atoms with van der Waals surface area (Å²) in [6, 6.07) is 4.72. The van der Waals surface area contributed by atoms with Gasteiger partial charge in [-0.2, -0.15) is 0 Å². The number of pyridine rings is 1. The summed E-state index contributed by atoms with van der Waals surface area (Å²) in [7, 11) is 0. The van der Waals surface area contributed by atoms with Crippen LogP contribution in [0.2, 0.25) is 0 Å². The van der Waals surface area contributed by atoms with Gasteiger partial charge < -0.3 is 5.32 Å². The Labute approximate surface area is 107 Å². The van der Waals surface area contributed by atoms with Gasteiger partial charge >= 0.3 is 0 Å². The van der Waals surface area contributed by atoms with Crippen LogP contribution in [0.15, 0.2) is 37.1 Å². The van der Waals surface area contributed by atoms with Crippen LogP contribution in [0.3, 0.4) is 0 Å². The van der Waals surface area contributed by atoms with Crippen LogP contribution in [0, 0.1) is 5.92 Å². The number of anilines is 1. The fourth-order valence-corrected chi connectivity index (χ4v) is 2.59. The first kappa shape index (κ1) is 11.3. The Morgan fingerprint density at radius 1 is 1.33 bits per heavy atom. The smallest absolute Gasteiger partial charge is 0.137 e. The highest BCUT2D eigenvalue weighted by Crippen LogP contribution is 2.27. The first-order valence-corrected chi connectivity index (χ1v) is 6.52. The summed E-state index contributed by atoms with van der Waals surface area (Å²) in [5, 5.41) is 3.56. The van der Waals surface area contributed by atoms with E-state index in [0.717, 1.165) is 17.4 Å². The van der Waals surface area contributed by atoms with Crippen LogP contribution in [0.4, 0.5) is 5.69 Å². The van der Waals surface area contributed by atoms with Gasteiger partial charge in [0.05, 0.1) is 11.9 Å². The first-order valence-electron chi connectivity index (χ1n) is 6.52. The number of nitrogens with one attached hydrogen (secondary N) is 1. The molecule has 0 bridgehead atoms. The van der Waals surface area contributed by atoms with E-state index in [4.69, 9.17) is 0 Å². The van der Waals surface area contributed by atoms with Gasteiger partial charge in [0.15, 0.2) is 0 Å². The molecule has 0 aromatic carbocycles. The molecule has 0 saturated heterocycles. The molecule has 3 rings (SSSR count). The van der Waals surface area contributed by atoms with Crippen molar-refractivity contribution in [3.05, 3.63) is 37.1 Å². The second-order valence-corrected chi connectivity index (χ2v) is 5.13. The van der Waals surface area contributed by atoms with E-state index in [-0.39, 0.29) is 0 Å². The van der Waals surface area contributed by atoms with Crippen molar-refractivity contribution >= 4 is 5.69 Å². The van der Waals surface area contributed by atoms with Crippen LogP contribution < -0.4 is 5.32 Å². The van der Waals surface area contributed by atoms with E-state index in [0.29, 0.717) is 6.04 Å². The zero-order valence-corrected chi connectivity index (χ0v) is 10.6. The Hall–Kier alpha value is -1.84. The second kappa shape index (κ2) is 4.80. The molecule has 1 fully saturated rings. The Morgan fingerprint density at radius 2 is 2.28 bits per heavy atom. The van der Waals surface area contributed by atoms with Crippen molar-refractivity contribution < 1.29 is 0 Å². The predicted molar refractivity (Wildman–Crippen MR) is 71.8 cm³/mol. The van der Waals surface area contributed by atoms with Crippen molar-refractivity contribution in [3.63, 3.8) is 0 Å². The monoisotopic (exact) mass is 242 g/mol. The van der Waals surface area contributed by atoms with Gasteiger partial charge in [0, 0.05) is 18.4 Å². The van der Waals surface area contributed by atoms with Crippen molar-refractivity contribution in [2.75, 3.05) is 5.32 Å². The molecule has 1 N–H and O–H groups in total. The summed E-state index contributed by atoms with van der Waals surface area (Å²) in [6.45, 7) is 2.32. The molecule has 94 valence electrons. The van der Waals surface area contributed by atoms with E-state index in [9.17, 15) is 0 Å². The lowest BCUT2D eigenvalue weighted by molar-refractivity contribution is 0.602. The average molecular weight is 242 g/mol. The molecule has 0 spiro atoms. The number of nitrogens with zero attached hydrogens (tertiary/aromatic N) is 3. The largest absolute Gasteiger partial charge is 0.381 e. The minimum Gasteiger partial charge on any atom is -0.381 e.